The van der Waals surface area contributed by atoms with Gasteiger partial charge in [0, 0.05) is 30.3 Å². The number of aryl methyl sites for hydroxylation is 1. The van der Waals surface area contributed by atoms with Gasteiger partial charge in [-0.1, -0.05) is 24.3 Å². The van der Waals surface area contributed by atoms with Crippen molar-refractivity contribution < 1.29 is 8.42 Å². The van der Waals surface area contributed by atoms with Gasteiger partial charge in [-0.05, 0) is 61.5 Å². The summed E-state index contributed by atoms with van der Waals surface area (Å²) >= 11 is 0. The van der Waals surface area contributed by atoms with Gasteiger partial charge in [0.05, 0.1) is 4.90 Å². The van der Waals surface area contributed by atoms with Crippen LogP contribution in [0.5, 0.6) is 0 Å². The second-order valence-electron chi connectivity index (χ2n) is 6.91. The Kier molecular flexibility index (Phi) is 5.46. The second kappa shape index (κ2) is 7.61. The third-order valence-electron chi connectivity index (χ3n) is 4.08. The first-order valence-electron chi connectivity index (χ1n) is 8.74. The summed E-state index contributed by atoms with van der Waals surface area (Å²) < 4.78 is 27.2. The number of aromatic amines is 1. The molecular weight excluding hydrogens is 346 g/mol. The minimum atomic E-state index is -3.46. The van der Waals surface area contributed by atoms with Crippen LogP contribution in [0.25, 0.3) is 10.9 Å². The van der Waals surface area contributed by atoms with Gasteiger partial charge in [0.15, 0.2) is 0 Å². The molecule has 3 N–H and O–H groups in total. The Balaban J connectivity index is 1.65. The molecule has 138 valence electrons. The van der Waals surface area contributed by atoms with Crippen molar-refractivity contribution in [1.82, 2.24) is 15.0 Å². The quantitative estimate of drug-likeness (QED) is 0.595. The number of benzene rings is 2. The Morgan fingerprint density at radius 3 is 2.62 bits per heavy atom. The summed E-state index contributed by atoms with van der Waals surface area (Å²) in [4.78, 5) is 3.71. The van der Waals surface area contributed by atoms with Crippen molar-refractivity contribution in [3.63, 3.8) is 0 Å². The third-order valence-corrected chi connectivity index (χ3v) is 5.73. The number of hydrogen-bond acceptors (Lipinski definition) is 3. The van der Waals surface area contributed by atoms with Gasteiger partial charge >= 0.3 is 0 Å². The molecule has 0 aliphatic carbocycles. The summed E-state index contributed by atoms with van der Waals surface area (Å²) in [5.74, 6) is 0. The lowest BCUT2D eigenvalue weighted by atomic mass is 10.2. The van der Waals surface area contributed by atoms with Crippen LogP contribution in [0.3, 0.4) is 0 Å². The van der Waals surface area contributed by atoms with Crippen molar-refractivity contribution in [3.05, 3.63) is 65.4 Å². The van der Waals surface area contributed by atoms with Crippen LogP contribution in [-0.2, 0) is 23.1 Å². The lowest BCUT2D eigenvalue weighted by Crippen LogP contribution is -2.30. The number of aromatic nitrogens is 1. The van der Waals surface area contributed by atoms with Gasteiger partial charge in [0.25, 0.3) is 0 Å². The van der Waals surface area contributed by atoms with Crippen molar-refractivity contribution in [1.29, 1.82) is 0 Å². The smallest absolute Gasteiger partial charge is 0.240 e. The molecule has 1 aromatic heterocycles. The molecule has 0 aliphatic heterocycles. The van der Waals surface area contributed by atoms with E-state index in [1.54, 1.807) is 18.2 Å². The van der Waals surface area contributed by atoms with Gasteiger partial charge in [-0.2, -0.15) is 0 Å². The Labute approximate surface area is 154 Å². The molecule has 0 atom stereocenters. The zero-order valence-electron chi connectivity index (χ0n) is 15.3. The van der Waals surface area contributed by atoms with E-state index in [2.05, 4.69) is 46.2 Å². The maximum absolute atomic E-state index is 12.3. The highest BCUT2D eigenvalue weighted by molar-refractivity contribution is 7.89. The molecule has 0 aliphatic rings. The highest BCUT2D eigenvalue weighted by Crippen LogP contribution is 2.17. The van der Waals surface area contributed by atoms with Crippen molar-refractivity contribution in [3.8, 4) is 0 Å². The summed E-state index contributed by atoms with van der Waals surface area (Å²) in [6, 6.07) is 15.4. The lowest BCUT2D eigenvalue weighted by molar-refractivity contribution is 0.569. The van der Waals surface area contributed by atoms with Gasteiger partial charge < -0.3 is 10.3 Å². The van der Waals surface area contributed by atoms with Crippen LogP contribution in [-0.4, -0.2) is 19.4 Å². The van der Waals surface area contributed by atoms with Crippen LogP contribution in [0.2, 0.25) is 0 Å². The summed E-state index contributed by atoms with van der Waals surface area (Å²) in [6.45, 7) is 6.98. The Hall–Kier alpha value is -2.15. The van der Waals surface area contributed by atoms with Gasteiger partial charge in [-0.15, -0.1) is 0 Å². The Bertz CT molecular complexity index is 1010. The minimum Gasteiger partial charge on any atom is -0.357 e. The Morgan fingerprint density at radius 2 is 1.85 bits per heavy atom. The predicted molar refractivity (Wildman–Crippen MR) is 105 cm³/mol. The predicted octanol–water partition coefficient (Wildman–Crippen LogP) is 3.45. The number of H-pyrrole nitrogens is 1. The average molecular weight is 372 g/mol. The lowest BCUT2D eigenvalue weighted by Gasteiger charge is -2.11. The van der Waals surface area contributed by atoms with Gasteiger partial charge in [-0.25, -0.2) is 13.1 Å². The highest BCUT2D eigenvalue weighted by Gasteiger charge is 2.15. The van der Waals surface area contributed by atoms with Crippen LogP contribution >= 0.6 is 0 Å². The highest BCUT2D eigenvalue weighted by atomic mass is 32.2. The zero-order chi connectivity index (χ0) is 18.7. The zero-order valence-corrected chi connectivity index (χ0v) is 16.2. The number of rotatable bonds is 7. The molecule has 3 rings (SSSR count). The van der Waals surface area contributed by atoms with E-state index in [1.807, 2.05) is 19.9 Å². The first kappa shape index (κ1) is 18.6. The largest absolute Gasteiger partial charge is 0.357 e. The molecule has 0 bridgehead atoms. The van der Waals surface area contributed by atoms with E-state index in [9.17, 15) is 8.42 Å². The third kappa shape index (κ3) is 4.52. The van der Waals surface area contributed by atoms with Crippen LogP contribution in [0, 0.1) is 6.92 Å². The van der Waals surface area contributed by atoms with Crippen LogP contribution in [0.4, 0.5) is 0 Å². The molecule has 0 fully saturated rings. The number of nitrogens with one attached hydrogen (secondary N) is 3. The fourth-order valence-electron chi connectivity index (χ4n) is 2.94. The second-order valence-corrected chi connectivity index (χ2v) is 8.63. The van der Waals surface area contributed by atoms with Crippen LogP contribution < -0.4 is 10.0 Å². The fourth-order valence-corrected chi connectivity index (χ4v) is 4.26. The SMILES string of the molecule is Cc1ccc2cc(CNCc3cccc(S(=O)(=O)NC(C)C)c3)[nH]c2c1. The van der Waals surface area contributed by atoms with Gasteiger partial charge in [-0.3, -0.25) is 0 Å². The maximum atomic E-state index is 12.3. The molecule has 0 spiro atoms. The van der Waals surface area contributed by atoms with Gasteiger partial charge in [0.2, 0.25) is 10.0 Å². The summed E-state index contributed by atoms with van der Waals surface area (Å²) in [6.07, 6.45) is 0. The first-order chi connectivity index (χ1) is 12.3. The number of fused-ring (bicyclic) bond motifs is 1. The molecule has 26 heavy (non-hydrogen) atoms. The summed E-state index contributed by atoms with van der Waals surface area (Å²) in [5.41, 5.74) is 4.40. The van der Waals surface area contributed by atoms with Gasteiger partial charge in [0.1, 0.15) is 0 Å². The van der Waals surface area contributed by atoms with E-state index >= 15 is 0 Å². The van der Waals surface area contributed by atoms with E-state index in [-0.39, 0.29) is 6.04 Å². The molecule has 6 heteroatoms. The molecule has 3 aromatic rings. The molecule has 0 amide bonds. The van der Waals surface area contributed by atoms with Crippen LogP contribution in [0.1, 0.15) is 30.7 Å². The molecule has 1 heterocycles. The van der Waals surface area contributed by atoms with Crippen molar-refractivity contribution in [2.45, 2.75) is 44.8 Å². The molecular formula is C20H25N3O2S. The molecule has 0 saturated heterocycles. The normalized spacial score (nSPS) is 12.2. The van der Waals surface area contributed by atoms with E-state index in [0.29, 0.717) is 18.0 Å². The topological polar surface area (TPSA) is 74.0 Å². The average Bonchev–Trinajstić information content (AvgIpc) is 2.96. The molecule has 2 aromatic carbocycles. The minimum absolute atomic E-state index is 0.132. The molecule has 0 unspecified atom stereocenters. The molecule has 0 saturated carbocycles. The van der Waals surface area contributed by atoms with E-state index in [1.165, 1.54) is 10.9 Å². The van der Waals surface area contributed by atoms with E-state index < -0.39 is 10.0 Å². The molecule has 5 nitrogen and oxygen atoms in total. The first-order valence-corrected chi connectivity index (χ1v) is 10.2. The van der Waals surface area contributed by atoms with Crippen LogP contribution in [0.15, 0.2) is 53.4 Å². The standard InChI is InChI=1S/C20H25N3O2S/c1-14(2)23-26(24,25)19-6-4-5-16(10-19)12-21-13-18-11-17-8-7-15(3)9-20(17)22-18/h4-11,14,21-23H,12-13H2,1-3H3. The summed E-state index contributed by atoms with van der Waals surface area (Å²) in [7, 11) is -3.46. The van der Waals surface area contributed by atoms with E-state index in [0.717, 1.165) is 16.8 Å². The van der Waals surface area contributed by atoms with Crippen molar-refractivity contribution in [2.75, 3.05) is 0 Å². The van der Waals surface area contributed by atoms with E-state index in [4.69, 9.17) is 0 Å². The maximum Gasteiger partial charge on any atom is 0.240 e. The molecule has 0 radical (unpaired) electrons. The number of sulfonamides is 1. The monoisotopic (exact) mass is 371 g/mol. The Morgan fingerprint density at radius 1 is 1.04 bits per heavy atom. The van der Waals surface area contributed by atoms with Crippen molar-refractivity contribution in [2.24, 2.45) is 0 Å². The van der Waals surface area contributed by atoms with Crippen molar-refractivity contribution >= 4 is 20.9 Å². The summed E-state index contributed by atoms with van der Waals surface area (Å²) in [5, 5.41) is 4.56. The fraction of sp³-hybridized carbons (Fsp3) is 0.300. The number of hydrogen-bond donors (Lipinski definition) is 3.